The molecule has 5 atom stereocenters. The van der Waals surface area contributed by atoms with E-state index in [-0.39, 0.29) is 66.0 Å². The number of fused-ring (bicyclic) bond motifs is 1. The average molecular weight is 519 g/mol. The van der Waals surface area contributed by atoms with Crippen LogP contribution in [-0.2, 0) is 23.9 Å². The number of imide groups is 1. The summed E-state index contributed by atoms with van der Waals surface area (Å²) in [4.78, 5) is 69.0. The molecule has 0 bridgehead atoms. The number of rotatable bonds is 9. The van der Waals surface area contributed by atoms with Gasteiger partial charge in [-0.1, -0.05) is 34.1 Å². The van der Waals surface area contributed by atoms with Gasteiger partial charge in [-0.15, -0.1) is 0 Å². The first kappa shape index (κ1) is 27.4. The maximum absolute atomic E-state index is 13.9. The molecule has 10 heteroatoms. The second-order valence-corrected chi connectivity index (χ2v) is 11.7. The Morgan fingerprint density at radius 2 is 1.57 bits per heavy atom. The normalized spacial score (nSPS) is 27.1. The Morgan fingerprint density at radius 3 is 2.08 bits per heavy atom. The Labute approximate surface area is 219 Å². The lowest BCUT2D eigenvalue weighted by Gasteiger charge is -2.38. The molecule has 0 aromatic rings. The summed E-state index contributed by atoms with van der Waals surface area (Å²) in [6.07, 6.45) is 5.16. The number of likely N-dealkylation sites (tertiary alicyclic amines) is 2. The number of esters is 1. The number of nitrogens with zero attached hydrogens (tertiary/aromatic N) is 2. The van der Waals surface area contributed by atoms with Gasteiger partial charge in [0.15, 0.2) is 0 Å². The van der Waals surface area contributed by atoms with E-state index < -0.39 is 24.1 Å². The Balaban J connectivity index is 1.50. The number of carbonyl (C=O) groups is 5. The number of nitrogens with one attached hydrogen (secondary N) is 2. The first-order valence-corrected chi connectivity index (χ1v) is 14.0. The van der Waals surface area contributed by atoms with Gasteiger partial charge >= 0.3 is 12.0 Å². The van der Waals surface area contributed by atoms with Crippen molar-refractivity contribution in [3.63, 3.8) is 0 Å². The Bertz CT molecular complexity index is 928. The zero-order valence-corrected chi connectivity index (χ0v) is 22.7. The van der Waals surface area contributed by atoms with Gasteiger partial charge < -0.3 is 20.3 Å². The molecule has 2 aliphatic heterocycles. The van der Waals surface area contributed by atoms with Gasteiger partial charge in [0.1, 0.15) is 12.1 Å². The van der Waals surface area contributed by atoms with Crippen LogP contribution in [0.1, 0.15) is 73.1 Å². The van der Waals surface area contributed by atoms with E-state index in [0.29, 0.717) is 13.0 Å². The number of carbonyl (C=O) groups excluding carboxylic acids is 5. The van der Waals surface area contributed by atoms with Crippen molar-refractivity contribution in [1.29, 1.82) is 0 Å². The number of ether oxygens (including phenoxy) is 1. The molecule has 37 heavy (non-hydrogen) atoms. The molecule has 2 aliphatic carbocycles. The third-order valence-corrected chi connectivity index (χ3v) is 8.46. The molecule has 2 saturated heterocycles. The van der Waals surface area contributed by atoms with Crippen molar-refractivity contribution in [1.82, 2.24) is 20.4 Å². The van der Waals surface area contributed by atoms with Crippen molar-refractivity contribution < 1.29 is 28.7 Å². The molecule has 4 rings (SSSR count). The zero-order valence-electron chi connectivity index (χ0n) is 22.7. The maximum atomic E-state index is 13.9. The molecule has 10 nitrogen and oxygen atoms in total. The molecule has 206 valence electrons. The summed E-state index contributed by atoms with van der Waals surface area (Å²) in [7, 11) is 0. The van der Waals surface area contributed by atoms with Gasteiger partial charge in [0.25, 0.3) is 0 Å². The van der Waals surface area contributed by atoms with E-state index in [1.165, 1.54) is 4.90 Å². The monoisotopic (exact) mass is 518 g/mol. The summed E-state index contributed by atoms with van der Waals surface area (Å²) < 4.78 is 5.08. The third kappa shape index (κ3) is 5.34. The molecule has 5 amide bonds. The summed E-state index contributed by atoms with van der Waals surface area (Å²) in [5.41, 5.74) is 0. The molecule has 2 N–H and O–H groups in total. The van der Waals surface area contributed by atoms with Crippen LogP contribution >= 0.6 is 0 Å². The largest absolute Gasteiger partial charge is 0.464 e. The molecule has 4 fully saturated rings. The van der Waals surface area contributed by atoms with Crippen LogP contribution in [0.5, 0.6) is 0 Å². The summed E-state index contributed by atoms with van der Waals surface area (Å²) in [5.74, 6) is -1.59. The summed E-state index contributed by atoms with van der Waals surface area (Å²) in [5, 5.41) is 5.46. The summed E-state index contributed by atoms with van der Waals surface area (Å²) in [6.45, 7) is 9.69. The molecule has 2 heterocycles. The van der Waals surface area contributed by atoms with Crippen molar-refractivity contribution in [3.05, 3.63) is 0 Å². The quantitative estimate of drug-likeness (QED) is 0.356. The van der Waals surface area contributed by atoms with Gasteiger partial charge in [-0.25, -0.2) is 9.59 Å². The molecule has 0 aromatic heterocycles. The summed E-state index contributed by atoms with van der Waals surface area (Å²) >= 11 is 0. The van der Waals surface area contributed by atoms with Gasteiger partial charge in [-0.3, -0.25) is 19.3 Å². The first-order chi connectivity index (χ1) is 17.6. The molecular weight excluding hydrogens is 476 g/mol. The van der Waals surface area contributed by atoms with E-state index in [9.17, 15) is 24.0 Å². The van der Waals surface area contributed by atoms with E-state index in [1.54, 1.807) is 11.8 Å². The van der Waals surface area contributed by atoms with Crippen molar-refractivity contribution in [2.24, 2.45) is 29.6 Å². The van der Waals surface area contributed by atoms with Gasteiger partial charge in [-0.2, -0.15) is 0 Å². The fraction of sp³-hybridized carbons (Fsp3) is 0.815. The minimum Gasteiger partial charge on any atom is -0.464 e. The van der Waals surface area contributed by atoms with Crippen LogP contribution in [-0.4, -0.2) is 76.8 Å². The van der Waals surface area contributed by atoms with E-state index in [1.807, 2.05) is 27.7 Å². The number of amides is 5. The number of urea groups is 1. The third-order valence-electron chi connectivity index (χ3n) is 8.46. The SMILES string of the molecule is CCOC(=O)[C@@H](NC(=O)N[C@H](C(=O)N1CC[C@H]2[C@H]1C(C1CCC1)C(=O)N2C(=O)C1CC1)C(C)C)C(C)C. The predicted molar refractivity (Wildman–Crippen MR) is 135 cm³/mol. The minimum absolute atomic E-state index is 0.0587. The lowest BCUT2D eigenvalue weighted by atomic mass is 9.73. The highest BCUT2D eigenvalue weighted by atomic mass is 16.5. The van der Waals surface area contributed by atoms with Crippen LogP contribution in [0.25, 0.3) is 0 Å². The lowest BCUT2D eigenvalue weighted by molar-refractivity contribution is -0.148. The Kier molecular flexibility index (Phi) is 8.14. The number of hydrogen-bond acceptors (Lipinski definition) is 6. The fourth-order valence-corrected chi connectivity index (χ4v) is 6.07. The van der Waals surface area contributed by atoms with Crippen molar-refractivity contribution in [2.75, 3.05) is 13.2 Å². The molecule has 1 unspecified atom stereocenters. The predicted octanol–water partition coefficient (Wildman–Crippen LogP) is 2.06. The molecule has 0 aromatic carbocycles. The minimum atomic E-state index is -0.837. The van der Waals surface area contributed by atoms with Crippen molar-refractivity contribution >= 4 is 29.7 Å². The van der Waals surface area contributed by atoms with Gasteiger partial charge in [0.2, 0.25) is 17.7 Å². The second kappa shape index (κ2) is 11.0. The first-order valence-electron chi connectivity index (χ1n) is 14.0. The standard InChI is InChI=1S/C27H42N4O6/c1-6-37-26(35)21(15(4)5)29-27(36)28-20(14(2)3)25(34)30-13-12-18-22(30)19(16-8-7-9-16)24(33)31(18)23(32)17-10-11-17/h14-22H,6-13H2,1-5H3,(H2,28,29,36)/t18-,19?,20-,21-,22-/m0/s1. The van der Waals surface area contributed by atoms with Gasteiger partial charge in [0, 0.05) is 12.5 Å². The number of hydrogen-bond donors (Lipinski definition) is 2. The molecular formula is C27H42N4O6. The summed E-state index contributed by atoms with van der Waals surface area (Å²) in [6, 6.07) is -2.92. The second-order valence-electron chi connectivity index (χ2n) is 11.7. The topological polar surface area (TPSA) is 125 Å². The molecule has 4 aliphatic rings. The molecule has 0 radical (unpaired) electrons. The van der Waals surface area contributed by atoms with Crippen LogP contribution in [0.2, 0.25) is 0 Å². The van der Waals surface area contributed by atoms with Crippen molar-refractivity contribution in [3.8, 4) is 0 Å². The van der Waals surface area contributed by atoms with E-state index in [0.717, 1.165) is 32.1 Å². The maximum Gasteiger partial charge on any atom is 0.328 e. The van der Waals surface area contributed by atoms with Crippen LogP contribution in [0.15, 0.2) is 0 Å². The van der Waals surface area contributed by atoms with E-state index in [4.69, 9.17) is 4.74 Å². The zero-order chi connectivity index (χ0) is 27.0. The lowest BCUT2D eigenvalue weighted by Crippen LogP contribution is -2.58. The smallest absolute Gasteiger partial charge is 0.328 e. The van der Waals surface area contributed by atoms with Crippen LogP contribution in [0.4, 0.5) is 4.79 Å². The Morgan fingerprint density at radius 1 is 0.946 bits per heavy atom. The van der Waals surface area contributed by atoms with Gasteiger partial charge in [-0.05, 0) is 56.8 Å². The van der Waals surface area contributed by atoms with Crippen LogP contribution in [0.3, 0.4) is 0 Å². The van der Waals surface area contributed by atoms with E-state index in [2.05, 4.69) is 10.6 Å². The van der Waals surface area contributed by atoms with Crippen LogP contribution in [0, 0.1) is 29.6 Å². The highest BCUT2D eigenvalue weighted by Crippen LogP contribution is 2.48. The van der Waals surface area contributed by atoms with Crippen LogP contribution < -0.4 is 10.6 Å². The molecule has 2 saturated carbocycles. The fourth-order valence-electron chi connectivity index (χ4n) is 6.07. The van der Waals surface area contributed by atoms with E-state index >= 15 is 0 Å². The van der Waals surface area contributed by atoms with Gasteiger partial charge in [0.05, 0.1) is 24.6 Å². The average Bonchev–Trinajstić information content (AvgIpc) is 3.51. The highest BCUT2D eigenvalue weighted by Gasteiger charge is 2.60. The Hall–Kier alpha value is -2.65. The highest BCUT2D eigenvalue weighted by molar-refractivity contribution is 6.02. The molecule has 0 spiro atoms. The van der Waals surface area contributed by atoms with Crippen molar-refractivity contribution in [2.45, 2.75) is 97.3 Å².